The Kier molecular flexibility index (Phi) is 5.04. The summed E-state index contributed by atoms with van der Waals surface area (Å²) in [5.41, 5.74) is 1.96. The molecule has 0 aliphatic rings. The van der Waals surface area contributed by atoms with Crippen LogP contribution in [-0.2, 0) is 6.61 Å². The number of nitrogens with two attached hydrogens (primary N) is 1. The predicted octanol–water partition coefficient (Wildman–Crippen LogP) is 2.78. The summed E-state index contributed by atoms with van der Waals surface area (Å²) < 4.78 is 12.4. The first-order valence-corrected chi connectivity index (χ1v) is 8.24. The fourth-order valence-electron chi connectivity index (χ4n) is 2.43. The number of H-pyrrole nitrogens is 1. The van der Waals surface area contributed by atoms with Gasteiger partial charge in [-0.15, -0.1) is 0 Å². The Labute approximate surface area is 155 Å². The number of hydrogen-bond donors (Lipinski definition) is 2. The minimum atomic E-state index is -0.141. The van der Waals surface area contributed by atoms with Crippen LogP contribution in [0.15, 0.2) is 42.5 Å². The average molecular weight is 370 g/mol. The minimum Gasteiger partial charge on any atom is -0.497 e. The quantitative estimate of drug-likeness (QED) is 0.394. The molecule has 3 aromatic rings. The van der Waals surface area contributed by atoms with Crippen molar-refractivity contribution in [2.75, 3.05) is 13.0 Å². The van der Waals surface area contributed by atoms with Gasteiger partial charge in [-0.1, -0.05) is 11.6 Å². The lowest BCUT2D eigenvalue weighted by atomic mass is 10.0. The maximum Gasteiger partial charge on any atom is 0.214 e. The molecule has 1 heterocycles. The fraction of sp³-hybridized carbons (Fsp3) is 0.167. The van der Waals surface area contributed by atoms with Gasteiger partial charge in [0.05, 0.1) is 12.7 Å². The zero-order chi connectivity index (χ0) is 18.7. The van der Waals surface area contributed by atoms with E-state index in [1.54, 1.807) is 43.5 Å². The van der Waals surface area contributed by atoms with Gasteiger partial charge >= 0.3 is 0 Å². The van der Waals surface area contributed by atoms with Gasteiger partial charge in [0.25, 0.3) is 0 Å². The minimum absolute atomic E-state index is 0.0790. The summed E-state index contributed by atoms with van der Waals surface area (Å²) in [6.07, 6.45) is 0. The van der Waals surface area contributed by atoms with Gasteiger partial charge in [0.1, 0.15) is 18.1 Å². The van der Waals surface area contributed by atoms with Gasteiger partial charge < -0.3 is 15.3 Å². The number of ether oxygens (including phenoxy) is 2. The molecule has 8 heteroatoms. The molecule has 0 aliphatic carbocycles. The molecule has 7 nitrogen and oxygen atoms in total. The van der Waals surface area contributed by atoms with Crippen molar-refractivity contribution in [2.45, 2.75) is 13.5 Å². The number of methoxy groups -OCH3 is 1. The first-order valence-electron chi connectivity index (χ1n) is 7.83. The summed E-state index contributed by atoms with van der Waals surface area (Å²) in [5, 5.41) is 6.58. The largest absolute Gasteiger partial charge is 0.497 e. The van der Waals surface area contributed by atoms with Crippen LogP contribution in [0.5, 0.6) is 11.5 Å². The normalized spacial score (nSPS) is 10.5. The molecule has 0 fully saturated rings. The van der Waals surface area contributed by atoms with Crippen LogP contribution in [0, 0.1) is 11.7 Å². The van der Waals surface area contributed by atoms with Crippen LogP contribution in [0.1, 0.15) is 27.3 Å². The summed E-state index contributed by atoms with van der Waals surface area (Å²) in [5.74, 6) is 7.19. The van der Waals surface area contributed by atoms with Crippen molar-refractivity contribution in [3.8, 4) is 11.5 Å². The van der Waals surface area contributed by atoms with Gasteiger partial charge in [-0.2, -0.15) is 5.10 Å². The van der Waals surface area contributed by atoms with Crippen molar-refractivity contribution in [3.63, 3.8) is 0 Å². The lowest BCUT2D eigenvalue weighted by Gasteiger charge is -2.12. The number of aromatic nitrogens is 3. The molecular weight excluding hydrogens is 352 g/mol. The van der Waals surface area contributed by atoms with Crippen LogP contribution in [0.2, 0.25) is 0 Å². The van der Waals surface area contributed by atoms with Crippen molar-refractivity contribution in [1.82, 2.24) is 14.9 Å². The highest BCUT2D eigenvalue weighted by Crippen LogP contribution is 2.25. The second kappa shape index (κ2) is 7.40. The van der Waals surface area contributed by atoms with Gasteiger partial charge in [-0.3, -0.25) is 9.89 Å². The van der Waals surface area contributed by atoms with Crippen LogP contribution in [0.25, 0.3) is 0 Å². The van der Waals surface area contributed by atoms with Crippen molar-refractivity contribution < 1.29 is 14.3 Å². The van der Waals surface area contributed by atoms with Crippen molar-refractivity contribution in [3.05, 3.63) is 69.8 Å². The molecule has 3 N–H and O–H groups in total. The second-order valence-corrected chi connectivity index (χ2v) is 6.05. The Morgan fingerprint density at radius 3 is 2.62 bits per heavy atom. The van der Waals surface area contributed by atoms with Crippen LogP contribution >= 0.6 is 12.2 Å². The van der Waals surface area contributed by atoms with E-state index in [1.165, 1.54) is 4.68 Å². The molecule has 0 unspecified atom stereocenters. The first kappa shape index (κ1) is 17.7. The molecule has 3 rings (SSSR count). The molecule has 0 radical (unpaired) electrons. The van der Waals surface area contributed by atoms with Gasteiger partial charge in [0, 0.05) is 5.56 Å². The molecule has 26 heavy (non-hydrogen) atoms. The maximum absolute atomic E-state index is 12.9. The summed E-state index contributed by atoms with van der Waals surface area (Å²) >= 11 is 4.97. The monoisotopic (exact) mass is 370 g/mol. The standard InChI is InChI=1S/C18H18N4O3S/c1-11-3-8-15(25-10-16-20-21-18(26)22(16)19)14(9-11)17(23)12-4-6-13(24-2)7-5-12/h3-9H,10,19H2,1-2H3,(H,21,26). The van der Waals surface area contributed by atoms with Crippen LogP contribution in [0.4, 0.5) is 0 Å². The fourth-order valence-corrected chi connectivity index (χ4v) is 2.58. The van der Waals surface area contributed by atoms with Crippen molar-refractivity contribution in [2.24, 2.45) is 0 Å². The summed E-state index contributed by atoms with van der Waals surface area (Å²) in [4.78, 5) is 12.9. The van der Waals surface area contributed by atoms with Gasteiger partial charge in [0.2, 0.25) is 4.77 Å². The van der Waals surface area contributed by atoms with E-state index >= 15 is 0 Å². The summed E-state index contributed by atoms with van der Waals surface area (Å²) in [6, 6.07) is 12.4. The lowest BCUT2D eigenvalue weighted by molar-refractivity contribution is 0.103. The number of carbonyl (C=O) groups is 1. The van der Waals surface area contributed by atoms with Crippen LogP contribution in [0.3, 0.4) is 0 Å². The molecule has 0 saturated heterocycles. The highest BCUT2D eigenvalue weighted by Gasteiger charge is 2.16. The average Bonchev–Trinajstić information content (AvgIpc) is 2.98. The number of nitrogens with zero attached hydrogens (tertiary/aromatic N) is 2. The smallest absolute Gasteiger partial charge is 0.214 e. The highest BCUT2D eigenvalue weighted by molar-refractivity contribution is 7.71. The van der Waals surface area contributed by atoms with E-state index in [0.29, 0.717) is 33.2 Å². The van der Waals surface area contributed by atoms with E-state index in [9.17, 15) is 4.79 Å². The number of rotatable bonds is 6. The predicted molar refractivity (Wildman–Crippen MR) is 99.5 cm³/mol. The Bertz CT molecular complexity index is 992. The van der Waals surface area contributed by atoms with Gasteiger partial charge in [0.15, 0.2) is 11.6 Å². The Hall–Kier alpha value is -3.13. The number of aromatic amines is 1. The van der Waals surface area contributed by atoms with E-state index in [1.807, 2.05) is 13.0 Å². The molecular formula is C18H18N4O3S. The SMILES string of the molecule is COc1ccc(C(=O)c2cc(C)ccc2OCc2n[nH]c(=S)n2N)cc1. The molecule has 0 atom stereocenters. The second-order valence-electron chi connectivity index (χ2n) is 5.66. The number of nitrogen functional groups attached to an aromatic ring is 1. The topological polar surface area (TPSA) is 95.2 Å². The number of ketones is 1. The molecule has 1 aromatic heterocycles. The first-order chi connectivity index (χ1) is 12.5. The maximum atomic E-state index is 12.9. The van der Waals surface area contributed by atoms with Crippen LogP contribution < -0.4 is 15.3 Å². The number of carbonyl (C=O) groups excluding carboxylic acids is 1. The van der Waals surface area contributed by atoms with Crippen molar-refractivity contribution >= 4 is 18.0 Å². The molecule has 0 aliphatic heterocycles. The van der Waals surface area contributed by atoms with Gasteiger partial charge in [-0.25, -0.2) is 4.68 Å². The number of aryl methyl sites for hydroxylation is 1. The molecule has 0 saturated carbocycles. The van der Waals surface area contributed by atoms with Gasteiger partial charge in [-0.05, 0) is 55.5 Å². The zero-order valence-corrected chi connectivity index (χ0v) is 15.2. The van der Waals surface area contributed by atoms with E-state index in [0.717, 1.165) is 5.56 Å². The van der Waals surface area contributed by atoms with E-state index in [4.69, 9.17) is 27.5 Å². The van der Waals surface area contributed by atoms with E-state index < -0.39 is 0 Å². The molecule has 0 amide bonds. The highest BCUT2D eigenvalue weighted by atomic mass is 32.1. The summed E-state index contributed by atoms with van der Waals surface area (Å²) in [6.45, 7) is 2.00. The third-order valence-electron chi connectivity index (χ3n) is 3.87. The number of hydrogen-bond acceptors (Lipinski definition) is 6. The Morgan fingerprint density at radius 1 is 1.27 bits per heavy atom. The summed E-state index contributed by atoms with van der Waals surface area (Å²) in [7, 11) is 1.58. The molecule has 0 bridgehead atoms. The van der Waals surface area contributed by atoms with E-state index in [2.05, 4.69) is 10.2 Å². The zero-order valence-electron chi connectivity index (χ0n) is 14.4. The number of nitrogens with one attached hydrogen (secondary N) is 1. The number of benzene rings is 2. The third kappa shape index (κ3) is 3.60. The lowest BCUT2D eigenvalue weighted by Crippen LogP contribution is -2.15. The van der Waals surface area contributed by atoms with Crippen LogP contribution in [-0.4, -0.2) is 27.8 Å². The Morgan fingerprint density at radius 2 is 2.00 bits per heavy atom. The molecule has 134 valence electrons. The third-order valence-corrected chi connectivity index (χ3v) is 4.15. The Balaban J connectivity index is 1.88. The van der Waals surface area contributed by atoms with E-state index in [-0.39, 0.29) is 12.4 Å². The molecule has 0 spiro atoms. The molecule has 2 aromatic carbocycles. The van der Waals surface area contributed by atoms with Crippen molar-refractivity contribution in [1.29, 1.82) is 0 Å².